The standard InChI is InChI=1S/C25H33ClN4O2/c1-18-23(4-2-3-19-5-7-20(26)8-6-19)27-17-28-24(18)25(32)30-13-9-21(10-14-30)29-15-11-22(31)12-16-29/h5-8,17,21-22,31H,2-4,9-16H2,1H3. The zero-order valence-corrected chi connectivity index (χ0v) is 19.6. The minimum atomic E-state index is -0.144. The summed E-state index contributed by atoms with van der Waals surface area (Å²) < 4.78 is 0. The van der Waals surface area contributed by atoms with Gasteiger partial charge in [-0.15, -0.1) is 0 Å². The Balaban J connectivity index is 1.31. The van der Waals surface area contributed by atoms with Gasteiger partial charge < -0.3 is 14.9 Å². The number of hydrogen-bond acceptors (Lipinski definition) is 5. The molecule has 3 heterocycles. The summed E-state index contributed by atoms with van der Waals surface area (Å²) in [7, 11) is 0. The monoisotopic (exact) mass is 456 g/mol. The molecule has 1 N–H and O–H groups in total. The van der Waals surface area contributed by atoms with Gasteiger partial charge in [0.1, 0.15) is 12.0 Å². The van der Waals surface area contributed by atoms with Gasteiger partial charge in [0.15, 0.2) is 0 Å². The van der Waals surface area contributed by atoms with Gasteiger partial charge in [0, 0.05) is 48.5 Å². The van der Waals surface area contributed by atoms with E-state index < -0.39 is 0 Å². The third kappa shape index (κ3) is 5.66. The number of hydrogen-bond donors (Lipinski definition) is 1. The highest BCUT2D eigenvalue weighted by atomic mass is 35.5. The number of aryl methyl sites for hydroxylation is 2. The summed E-state index contributed by atoms with van der Waals surface area (Å²) in [4.78, 5) is 26.5. The molecule has 1 aromatic heterocycles. The fourth-order valence-electron chi connectivity index (χ4n) is 4.90. The predicted molar refractivity (Wildman–Crippen MR) is 126 cm³/mol. The molecule has 0 unspecified atom stereocenters. The Morgan fingerprint density at radius 3 is 2.41 bits per heavy atom. The number of aliphatic hydroxyl groups excluding tert-OH is 1. The average Bonchev–Trinajstić information content (AvgIpc) is 2.82. The Morgan fingerprint density at radius 1 is 1.03 bits per heavy atom. The van der Waals surface area contributed by atoms with Crippen molar-refractivity contribution in [3.05, 3.63) is 58.1 Å². The van der Waals surface area contributed by atoms with E-state index in [1.807, 2.05) is 24.0 Å². The molecule has 4 rings (SSSR count). The van der Waals surface area contributed by atoms with Crippen LogP contribution in [0.5, 0.6) is 0 Å². The molecule has 0 radical (unpaired) electrons. The van der Waals surface area contributed by atoms with E-state index in [1.54, 1.807) is 0 Å². The molecular formula is C25H33ClN4O2. The number of piperidine rings is 2. The third-order valence-electron chi connectivity index (χ3n) is 6.95. The Bertz CT molecular complexity index is 905. The first-order chi connectivity index (χ1) is 15.5. The number of aliphatic hydroxyl groups is 1. The lowest BCUT2D eigenvalue weighted by molar-refractivity contribution is 0.0355. The summed E-state index contributed by atoms with van der Waals surface area (Å²) in [6.45, 7) is 5.42. The van der Waals surface area contributed by atoms with Gasteiger partial charge >= 0.3 is 0 Å². The first kappa shape index (κ1) is 23.1. The van der Waals surface area contributed by atoms with Gasteiger partial charge in [0.05, 0.1) is 6.10 Å². The molecule has 2 aliphatic rings. The zero-order chi connectivity index (χ0) is 22.5. The Morgan fingerprint density at radius 2 is 1.72 bits per heavy atom. The van der Waals surface area contributed by atoms with Crippen LogP contribution < -0.4 is 0 Å². The number of amides is 1. The minimum Gasteiger partial charge on any atom is -0.393 e. The molecule has 0 atom stereocenters. The lowest BCUT2D eigenvalue weighted by Crippen LogP contribution is -2.49. The van der Waals surface area contributed by atoms with Gasteiger partial charge in [-0.2, -0.15) is 0 Å². The van der Waals surface area contributed by atoms with Crippen molar-refractivity contribution in [1.82, 2.24) is 19.8 Å². The topological polar surface area (TPSA) is 69.6 Å². The van der Waals surface area contributed by atoms with E-state index in [9.17, 15) is 9.90 Å². The van der Waals surface area contributed by atoms with Gasteiger partial charge in [-0.25, -0.2) is 9.97 Å². The molecule has 1 aromatic carbocycles. The molecule has 0 saturated carbocycles. The fourth-order valence-corrected chi connectivity index (χ4v) is 5.03. The average molecular weight is 457 g/mol. The second-order valence-corrected chi connectivity index (χ2v) is 9.50. The van der Waals surface area contributed by atoms with E-state index in [1.165, 1.54) is 11.9 Å². The molecule has 32 heavy (non-hydrogen) atoms. The van der Waals surface area contributed by atoms with E-state index in [2.05, 4.69) is 27.0 Å². The Hall–Kier alpha value is -2.02. The summed E-state index contributed by atoms with van der Waals surface area (Å²) in [6.07, 6.45) is 7.81. The SMILES string of the molecule is Cc1c(CCCc2ccc(Cl)cc2)ncnc1C(=O)N1CCC(N2CCC(O)CC2)CC1. The molecule has 7 heteroatoms. The molecule has 172 valence electrons. The van der Waals surface area contributed by atoms with Crippen molar-refractivity contribution in [2.75, 3.05) is 26.2 Å². The molecule has 0 aliphatic carbocycles. The van der Waals surface area contributed by atoms with Crippen molar-refractivity contribution in [2.45, 2.75) is 64.0 Å². The normalized spacial score (nSPS) is 18.8. The number of halogens is 1. The molecule has 2 saturated heterocycles. The van der Waals surface area contributed by atoms with Crippen LogP contribution in [0, 0.1) is 6.92 Å². The molecular weight excluding hydrogens is 424 g/mol. The maximum absolute atomic E-state index is 13.2. The van der Waals surface area contributed by atoms with Crippen LogP contribution in [0.1, 0.15) is 59.4 Å². The summed E-state index contributed by atoms with van der Waals surface area (Å²) in [5, 5.41) is 10.5. The van der Waals surface area contributed by atoms with Crippen LogP contribution in [-0.4, -0.2) is 69.1 Å². The van der Waals surface area contributed by atoms with Crippen LogP contribution in [0.4, 0.5) is 0 Å². The first-order valence-corrected chi connectivity index (χ1v) is 12.2. The second kappa shape index (κ2) is 10.7. The lowest BCUT2D eigenvalue weighted by atomic mass is 9.98. The smallest absolute Gasteiger partial charge is 0.272 e. The number of likely N-dealkylation sites (tertiary alicyclic amines) is 2. The van der Waals surface area contributed by atoms with Crippen molar-refractivity contribution in [2.24, 2.45) is 0 Å². The van der Waals surface area contributed by atoms with Crippen molar-refractivity contribution in [3.8, 4) is 0 Å². The summed E-state index contributed by atoms with van der Waals surface area (Å²) in [5.74, 6) is 0.0244. The second-order valence-electron chi connectivity index (χ2n) is 9.06. The van der Waals surface area contributed by atoms with Crippen molar-refractivity contribution in [1.29, 1.82) is 0 Å². The van der Waals surface area contributed by atoms with Gasteiger partial charge in [0.25, 0.3) is 5.91 Å². The van der Waals surface area contributed by atoms with Crippen LogP contribution in [-0.2, 0) is 12.8 Å². The van der Waals surface area contributed by atoms with Crippen LogP contribution >= 0.6 is 11.6 Å². The molecule has 2 aromatic rings. The Labute approximate surface area is 195 Å². The number of carbonyl (C=O) groups excluding carboxylic acids is 1. The van der Waals surface area contributed by atoms with E-state index in [0.29, 0.717) is 11.7 Å². The van der Waals surface area contributed by atoms with Crippen molar-refractivity contribution in [3.63, 3.8) is 0 Å². The predicted octanol–water partition coefficient (Wildman–Crippen LogP) is 3.68. The van der Waals surface area contributed by atoms with Gasteiger partial charge in [-0.05, 0) is 69.6 Å². The van der Waals surface area contributed by atoms with Crippen molar-refractivity contribution < 1.29 is 9.90 Å². The number of aromatic nitrogens is 2. The molecule has 2 fully saturated rings. The number of carbonyl (C=O) groups is 1. The van der Waals surface area contributed by atoms with E-state index in [4.69, 9.17) is 11.6 Å². The Kier molecular flexibility index (Phi) is 7.76. The highest BCUT2D eigenvalue weighted by molar-refractivity contribution is 6.30. The molecule has 2 aliphatic heterocycles. The molecule has 1 amide bonds. The number of benzene rings is 1. The fraction of sp³-hybridized carbons (Fsp3) is 0.560. The summed E-state index contributed by atoms with van der Waals surface area (Å²) in [6, 6.07) is 8.46. The largest absolute Gasteiger partial charge is 0.393 e. The highest BCUT2D eigenvalue weighted by Crippen LogP contribution is 2.23. The van der Waals surface area contributed by atoms with E-state index in [0.717, 1.165) is 87.4 Å². The number of rotatable bonds is 6. The zero-order valence-electron chi connectivity index (χ0n) is 18.8. The van der Waals surface area contributed by atoms with Gasteiger partial charge in [-0.1, -0.05) is 23.7 Å². The third-order valence-corrected chi connectivity index (χ3v) is 7.20. The van der Waals surface area contributed by atoms with E-state index in [-0.39, 0.29) is 12.0 Å². The minimum absolute atomic E-state index is 0.0244. The maximum atomic E-state index is 13.2. The van der Waals surface area contributed by atoms with E-state index >= 15 is 0 Å². The van der Waals surface area contributed by atoms with Crippen LogP contribution in [0.25, 0.3) is 0 Å². The maximum Gasteiger partial charge on any atom is 0.272 e. The van der Waals surface area contributed by atoms with Gasteiger partial charge in [-0.3, -0.25) is 4.79 Å². The quantitative estimate of drug-likeness (QED) is 0.718. The summed E-state index contributed by atoms with van der Waals surface area (Å²) >= 11 is 5.96. The summed E-state index contributed by atoms with van der Waals surface area (Å²) in [5.41, 5.74) is 3.66. The molecule has 6 nitrogen and oxygen atoms in total. The molecule has 0 bridgehead atoms. The number of nitrogens with zero attached hydrogens (tertiary/aromatic N) is 4. The van der Waals surface area contributed by atoms with Crippen LogP contribution in [0.2, 0.25) is 5.02 Å². The lowest BCUT2D eigenvalue weighted by Gasteiger charge is -2.41. The van der Waals surface area contributed by atoms with Crippen molar-refractivity contribution >= 4 is 17.5 Å². The molecule has 0 spiro atoms. The first-order valence-electron chi connectivity index (χ1n) is 11.8. The van der Waals surface area contributed by atoms with Crippen LogP contribution in [0.15, 0.2) is 30.6 Å². The van der Waals surface area contributed by atoms with Gasteiger partial charge in [0.2, 0.25) is 0 Å². The highest BCUT2D eigenvalue weighted by Gasteiger charge is 2.30. The van der Waals surface area contributed by atoms with Crippen LogP contribution in [0.3, 0.4) is 0 Å².